The Kier molecular flexibility index (Phi) is 5.44. The van der Waals surface area contributed by atoms with Crippen LogP contribution in [0.5, 0.6) is 0 Å². The Morgan fingerprint density at radius 2 is 1.90 bits per heavy atom. The summed E-state index contributed by atoms with van der Waals surface area (Å²) in [6.45, 7) is 6.66. The van der Waals surface area contributed by atoms with Gasteiger partial charge in [0.25, 0.3) is 5.56 Å². The molecule has 0 aliphatic carbocycles. The van der Waals surface area contributed by atoms with E-state index < -0.39 is 0 Å². The maximum atomic E-state index is 13.1. The zero-order chi connectivity index (χ0) is 20.4. The van der Waals surface area contributed by atoms with Crippen LogP contribution in [0, 0.1) is 6.92 Å². The average Bonchev–Trinajstić information content (AvgIpc) is 3.09. The number of hydrogen-bond acceptors (Lipinski definition) is 5. The van der Waals surface area contributed by atoms with Crippen molar-refractivity contribution in [1.82, 2.24) is 24.2 Å². The number of fused-ring (bicyclic) bond motifs is 1. The molecule has 3 heterocycles. The van der Waals surface area contributed by atoms with Gasteiger partial charge >= 0.3 is 0 Å². The summed E-state index contributed by atoms with van der Waals surface area (Å²) in [5, 5.41) is 4.62. The second-order valence-electron chi connectivity index (χ2n) is 7.11. The number of morpholine rings is 1. The van der Waals surface area contributed by atoms with E-state index in [1.54, 1.807) is 14.1 Å². The van der Waals surface area contributed by atoms with Crippen LogP contribution in [0.4, 0.5) is 0 Å². The van der Waals surface area contributed by atoms with E-state index in [-0.39, 0.29) is 17.9 Å². The standard InChI is InChI=1S/C21H25N5O3/c1-3-25-20-19(15(2)23-26(20)16-7-5-4-6-8-16)22-17(21(25)28)9-10-18(27)24-11-13-29-14-12-24/h4-8H,3,9-14H2,1-2H3. The van der Waals surface area contributed by atoms with Crippen molar-refractivity contribution >= 4 is 17.1 Å². The molecule has 1 fully saturated rings. The summed E-state index contributed by atoms with van der Waals surface area (Å²) in [5.74, 6) is 0.0364. The summed E-state index contributed by atoms with van der Waals surface area (Å²) in [6, 6.07) is 9.71. The van der Waals surface area contributed by atoms with Crippen LogP contribution in [0.25, 0.3) is 16.9 Å². The van der Waals surface area contributed by atoms with Crippen LogP contribution >= 0.6 is 0 Å². The Hall–Kier alpha value is -3.00. The van der Waals surface area contributed by atoms with Gasteiger partial charge in [0.1, 0.15) is 11.2 Å². The molecule has 8 heteroatoms. The van der Waals surface area contributed by atoms with E-state index in [9.17, 15) is 9.59 Å². The van der Waals surface area contributed by atoms with E-state index in [1.807, 2.05) is 44.2 Å². The predicted molar refractivity (Wildman–Crippen MR) is 109 cm³/mol. The zero-order valence-corrected chi connectivity index (χ0v) is 16.8. The highest BCUT2D eigenvalue weighted by molar-refractivity contribution is 5.77. The lowest BCUT2D eigenvalue weighted by atomic mass is 10.2. The van der Waals surface area contributed by atoms with Crippen LogP contribution in [0.3, 0.4) is 0 Å². The summed E-state index contributed by atoms with van der Waals surface area (Å²) in [7, 11) is 0. The molecule has 0 radical (unpaired) electrons. The highest BCUT2D eigenvalue weighted by atomic mass is 16.5. The number of aromatic nitrogens is 4. The first kappa shape index (κ1) is 19.3. The molecular formula is C21H25N5O3. The first-order chi connectivity index (χ1) is 14.1. The van der Waals surface area contributed by atoms with E-state index in [2.05, 4.69) is 10.1 Å². The summed E-state index contributed by atoms with van der Waals surface area (Å²) in [4.78, 5) is 32.0. The molecule has 1 aliphatic heterocycles. The Balaban J connectivity index is 1.70. The lowest BCUT2D eigenvalue weighted by Gasteiger charge is -2.26. The quantitative estimate of drug-likeness (QED) is 0.657. The number of hydrogen-bond donors (Lipinski definition) is 0. The lowest BCUT2D eigenvalue weighted by Crippen LogP contribution is -2.41. The summed E-state index contributed by atoms with van der Waals surface area (Å²) >= 11 is 0. The number of carbonyl (C=O) groups excluding carboxylic acids is 1. The molecule has 3 aromatic rings. The van der Waals surface area contributed by atoms with E-state index in [4.69, 9.17) is 4.74 Å². The van der Waals surface area contributed by atoms with Gasteiger partial charge in [0.2, 0.25) is 5.91 Å². The molecule has 29 heavy (non-hydrogen) atoms. The molecule has 0 bridgehead atoms. The minimum absolute atomic E-state index is 0.0364. The monoisotopic (exact) mass is 395 g/mol. The molecule has 0 spiro atoms. The summed E-state index contributed by atoms with van der Waals surface area (Å²) in [6.07, 6.45) is 0.588. The minimum atomic E-state index is -0.160. The second-order valence-corrected chi connectivity index (χ2v) is 7.11. The molecule has 8 nitrogen and oxygen atoms in total. The van der Waals surface area contributed by atoms with Gasteiger partial charge < -0.3 is 9.64 Å². The molecular weight excluding hydrogens is 370 g/mol. The topological polar surface area (TPSA) is 82.2 Å². The van der Waals surface area contributed by atoms with Crippen molar-refractivity contribution < 1.29 is 9.53 Å². The highest BCUT2D eigenvalue weighted by Crippen LogP contribution is 2.20. The fraction of sp³-hybridized carbons (Fsp3) is 0.429. The largest absolute Gasteiger partial charge is 0.378 e. The van der Waals surface area contributed by atoms with Gasteiger partial charge in [-0.1, -0.05) is 18.2 Å². The molecule has 1 amide bonds. The molecule has 0 atom stereocenters. The third kappa shape index (κ3) is 3.67. The van der Waals surface area contributed by atoms with Gasteiger partial charge in [-0.25, -0.2) is 9.67 Å². The Morgan fingerprint density at radius 1 is 1.17 bits per heavy atom. The van der Waals surface area contributed by atoms with E-state index in [1.165, 1.54) is 0 Å². The van der Waals surface area contributed by atoms with Crippen LogP contribution in [0.15, 0.2) is 35.1 Å². The van der Waals surface area contributed by atoms with Gasteiger partial charge in [-0.05, 0) is 26.0 Å². The minimum Gasteiger partial charge on any atom is -0.378 e. The fourth-order valence-corrected chi connectivity index (χ4v) is 3.72. The van der Waals surface area contributed by atoms with E-state index in [0.29, 0.717) is 56.1 Å². The van der Waals surface area contributed by atoms with E-state index in [0.717, 1.165) is 11.4 Å². The van der Waals surface area contributed by atoms with E-state index >= 15 is 0 Å². The predicted octanol–water partition coefficient (Wildman–Crippen LogP) is 1.70. The zero-order valence-electron chi connectivity index (χ0n) is 16.8. The maximum Gasteiger partial charge on any atom is 0.273 e. The van der Waals surface area contributed by atoms with Crippen molar-refractivity contribution in [3.63, 3.8) is 0 Å². The third-order valence-corrected chi connectivity index (χ3v) is 5.26. The van der Waals surface area contributed by atoms with Crippen LogP contribution < -0.4 is 5.56 Å². The highest BCUT2D eigenvalue weighted by Gasteiger charge is 2.21. The SMILES string of the molecule is CCn1c(=O)c(CCC(=O)N2CCOCC2)nc2c(C)nn(-c3ccccc3)c21. The summed E-state index contributed by atoms with van der Waals surface area (Å²) < 4.78 is 8.76. The Labute approximate surface area is 168 Å². The molecule has 1 saturated heterocycles. The van der Waals surface area contributed by atoms with Crippen LogP contribution in [-0.2, 0) is 22.5 Å². The van der Waals surface area contributed by atoms with Crippen molar-refractivity contribution in [2.45, 2.75) is 33.2 Å². The van der Waals surface area contributed by atoms with Gasteiger partial charge in [-0.3, -0.25) is 14.2 Å². The lowest BCUT2D eigenvalue weighted by molar-refractivity contribution is -0.135. The number of amides is 1. The second kappa shape index (κ2) is 8.16. The molecule has 0 N–H and O–H groups in total. The molecule has 2 aromatic heterocycles. The van der Waals surface area contributed by atoms with Gasteiger partial charge in [0, 0.05) is 32.5 Å². The van der Waals surface area contributed by atoms with Crippen molar-refractivity contribution in [2.75, 3.05) is 26.3 Å². The molecule has 0 unspecified atom stereocenters. The van der Waals surface area contributed by atoms with Gasteiger partial charge in [0.05, 0.1) is 24.6 Å². The molecule has 0 saturated carbocycles. The number of carbonyl (C=O) groups is 1. The van der Waals surface area contributed by atoms with Crippen LogP contribution in [0.2, 0.25) is 0 Å². The maximum absolute atomic E-state index is 13.1. The molecule has 152 valence electrons. The summed E-state index contributed by atoms with van der Waals surface area (Å²) in [5.41, 5.74) is 3.27. The van der Waals surface area contributed by atoms with Crippen molar-refractivity contribution in [3.8, 4) is 5.69 Å². The van der Waals surface area contributed by atoms with Gasteiger partial charge in [-0.15, -0.1) is 0 Å². The van der Waals surface area contributed by atoms with Crippen molar-refractivity contribution in [2.24, 2.45) is 0 Å². The third-order valence-electron chi connectivity index (χ3n) is 5.26. The Morgan fingerprint density at radius 3 is 2.59 bits per heavy atom. The molecule has 4 rings (SSSR count). The fourth-order valence-electron chi connectivity index (χ4n) is 3.72. The number of aryl methyl sites for hydroxylation is 3. The number of nitrogens with zero attached hydrogens (tertiary/aromatic N) is 5. The van der Waals surface area contributed by atoms with Crippen molar-refractivity contribution in [3.05, 3.63) is 52.1 Å². The molecule has 1 aromatic carbocycles. The van der Waals surface area contributed by atoms with Gasteiger partial charge in [0.15, 0.2) is 5.65 Å². The number of rotatable bonds is 5. The number of benzene rings is 1. The average molecular weight is 395 g/mol. The normalized spacial score (nSPS) is 14.5. The molecule has 1 aliphatic rings. The number of ether oxygens (including phenoxy) is 1. The van der Waals surface area contributed by atoms with Crippen LogP contribution in [-0.4, -0.2) is 56.4 Å². The Bertz CT molecular complexity index is 1080. The number of para-hydroxylation sites is 1. The van der Waals surface area contributed by atoms with Crippen LogP contribution in [0.1, 0.15) is 24.7 Å². The first-order valence-corrected chi connectivity index (χ1v) is 10.00. The first-order valence-electron chi connectivity index (χ1n) is 10.00. The smallest absolute Gasteiger partial charge is 0.273 e. The van der Waals surface area contributed by atoms with Crippen molar-refractivity contribution in [1.29, 1.82) is 0 Å². The van der Waals surface area contributed by atoms with Gasteiger partial charge in [-0.2, -0.15) is 5.10 Å².